The van der Waals surface area contributed by atoms with E-state index >= 15 is 0 Å². The molecular formula is C15H22N2O3. The predicted molar refractivity (Wildman–Crippen MR) is 78.1 cm³/mol. The van der Waals surface area contributed by atoms with Crippen molar-refractivity contribution in [1.82, 2.24) is 9.47 Å². The van der Waals surface area contributed by atoms with Gasteiger partial charge in [0, 0.05) is 26.3 Å². The largest absolute Gasteiger partial charge is 0.461 e. The Morgan fingerprint density at radius 2 is 1.95 bits per heavy atom. The van der Waals surface area contributed by atoms with E-state index in [1.165, 1.54) is 4.90 Å². The average Bonchev–Trinajstić information content (AvgIpc) is 2.61. The summed E-state index contributed by atoms with van der Waals surface area (Å²) >= 11 is 0. The summed E-state index contributed by atoms with van der Waals surface area (Å²) in [5, 5.41) is 0. The molecule has 0 spiro atoms. The lowest BCUT2D eigenvalue weighted by molar-refractivity contribution is 0.0513. The van der Waals surface area contributed by atoms with E-state index in [2.05, 4.69) is 6.58 Å². The summed E-state index contributed by atoms with van der Waals surface area (Å²) in [7, 11) is 3.38. The number of hydrogen-bond donors (Lipinski definition) is 0. The van der Waals surface area contributed by atoms with Crippen LogP contribution in [0.3, 0.4) is 0 Å². The van der Waals surface area contributed by atoms with Crippen LogP contribution in [0.25, 0.3) is 0 Å². The summed E-state index contributed by atoms with van der Waals surface area (Å²) in [6, 6.07) is 0. The van der Waals surface area contributed by atoms with Crippen LogP contribution >= 0.6 is 0 Å². The number of hydrogen-bond acceptors (Lipinski definition) is 3. The normalized spacial score (nSPS) is 10.2. The number of aromatic nitrogens is 1. The molecule has 0 atom stereocenters. The first-order valence-corrected chi connectivity index (χ1v) is 6.56. The number of esters is 1. The topological polar surface area (TPSA) is 51.5 Å². The van der Waals surface area contributed by atoms with Gasteiger partial charge in [-0.1, -0.05) is 6.08 Å². The molecule has 1 amide bonds. The second kappa shape index (κ2) is 6.41. The fraction of sp³-hybridized carbons (Fsp3) is 0.467. The zero-order chi connectivity index (χ0) is 15.4. The fourth-order valence-electron chi connectivity index (χ4n) is 2.25. The van der Waals surface area contributed by atoms with Crippen LogP contribution in [0.1, 0.15) is 39.0 Å². The van der Waals surface area contributed by atoms with Crippen molar-refractivity contribution >= 4 is 11.9 Å². The minimum atomic E-state index is -0.409. The highest BCUT2D eigenvalue weighted by atomic mass is 16.5. The van der Waals surface area contributed by atoms with Gasteiger partial charge in [-0.2, -0.15) is 0 Å². The monoisotopic (exact) mass is 278 g/mol. The van der Waals surface area contributed by atoms with E-state index in [1.807, 2.05) is 6.92 Å². The molecule has 0 saturated heterocycles. The van der Waals surface area contributed by atoms with Crippen molar-refractivity contribution in [2.24, 2.45) is 0 Å². The molecule has 0 fully saturated rings. The molecule has 0 radical (unpaired) electrons. The van der Waals surface area contributed by atoms with Crippen LogP contribution in [0.5, 0.6) is 0 Å². The molecule has 0 aliphatic heterocycles. The lowest BCUT2D eigenvalue weighted by Crippen LogP contribution is -2.23. The molecule has 0 aliphatic rings. The van der Waals surface area contributed by atoms with Gasteiger partial charge in [0.25, 0.3) is 5.91 Å². The highest BCUT2D eigenvalue weighted by Crippen LogP contribution is 2.24. The number of allylic oxidation sites excluding steroid dienone is 1. The van der Waals surface area contributed by atoms with E-state index in [9.17, 15) is 9.59 Å². The van der Waals surface area contributed by atoms with Crippen LogP contribution in [0.4, 0.5) is 0 Å². The maximum absolute atomic E-state index is 12.3. The van der Waals surface area contributed by atoms with Crippen LogP contribution in [-0.2, 0) is 11.3 Å². The van der Waals surface area contributed by atoms with Crippen molar-refractivity contribution in [3.8, 4) is 0 Å². The molecule has 110 valence electrons. The second-order valence-electron chi connectivity index (χ2n) is 4.75. The second-order valence-corrected chi connectivity index (χ2v) is 4.75. The van der Waals surface area contributed by atoms with E-state index in [4.69, 9.17) is 4.74 Å². The van der Waals surface area contributed by atoms with Gasteiger partial charge in [0.05, 0.1) is 12.2 Å². The van der Waals surface area contributed by atoms with Crippen LogP contribution in [0.2, 0.25) is 0 Å². The zero-order valence-corrected chi connectivity index (χ0v) is 12.8. The van der Waals surface area contributed by atoms with Gasteiger partial charge in [0.1, 0.15) is 5.69 Å². The van der Waals surface area contributed by atoms with Gasteiger partial charge in [0.2, 0.25) is 0 Å². The van der Waals surface area contributed by atoms with Gasteiger partial charge in [0.15, 0.2) is 0 Å². The van der Waals surface area contributed by atoms with E-state index in [0.717, 1.165) is 5.69 Å². The Balaban J connectivity index is 3.50. The third-order valence-electron chi connectivity index (χ3n) is 3.17. The van der Waals surface area contributed by atoms with Crippen LogP contribution in [0.15, 0.2) is 12.7 Å². The lowest BCUT2D eigenvalue weighted by Gasteiger charge is -2.11. The number of carbonyl (C=O) groups is 2. The van der Waals surface area contributed by atoms with Gasteiger partial charge in [-0.15, -0.1) is 6.58 Å². The van der Waals surface area contributed by atoms with Gasteiger partial charge in [-0.05, 0) is 26.3 Å². The molecule has 0 bridgehead atoms. The highest BCUT2D eigenvalue weighted by Gasteiger charge is 2.27. The minimum Gasteiger partial charge on any atom is -0.461 e. The molecule has 1 rings (SSSR count). The van der Waals surface area contributed by atoms with Crippen molar-refractivity contribution in [3.05, 3.63) is 35.2 Å². The maximum atomic E-state index is 12.3. The SMILES string of the molecule is C=CCn1c(C)c(C(=O)N(C)C)c(C)c1C(=O)OCC. The van der Waals surface area contributed by atoms with Gasteiger partial charge >= 0.3 is 5.97 Å². The molecule has 0 N–H and O–H groups in total. The summed E-state index contributed by atoms with van der Waals surface area (Å²) in [5.41, 5.74) is 2.39. The van der Waals surface area contributed by atoms with Crippen molar-refractivity contribution in [2.45, 2.75) is 27.3 Å². The fourth-order valence-corrected chi connectivity index (χ4v) is 2.25. The third kappa shape index (κ3) is 2.76. The quantitative estimate of drug-likeness (QED) is 0.612. The zero-order valence-electron chi connectivity index (χ0n) is 12.8. The molecule has 1 heterocycles. The molecular weight excluding hydrogens is 256 g/mol. The van der Waals surface area contributed by atoms with Crippen LogP contribution in [-0.4, -0.2) is 42.0 Å². The molecule has 0 aromatic carbocycles. The molecule has 0 unspecified atom stereocenters. The number of rotatable bonds is 5. The Bertz CT molecular complexity index is 542. The van der Waals surface area contributed by atoms with Crippen molar-refractivity contribution in [1.29, 1.82) is 0 Å². The number of amides is 1. The number of carbonyl (C=O) groups excluding carboxylic acids is 2. The molecule has 5 nitrogen and oxygen atoms in total. The minimum absolute atomic E-state index is 0.117. The van der Waals surface area contributed by atoms with Crippen LogP contribution < -0.4 is 0 Å². The summed E-state index contributed by atoms with van der Waals surface area (Å²) in [6.07, 6.45) is 1.69. The third-order valence-corrected chi connectivity index (χ3v) is 3.17. The summed E-state index contributed by atoms with van der Waals surface area (Å²) in [5.74, 6) is -0.527. The molecule has 1 aromatic rings. The van der Waals surface area contributed by atoms with Crippen LogP contribution in [0, 0.1) is 13.8 Å². The Morgan fingerprint density at radius 3 is 2.40 bits per heavy atom. The first-order chi connectivity index (χ1) is 9.36. The summed E-state index contributed by atoms with van der Waals surface area (Å²) < 4.78 is 6.86. The smallest absolute Gasteiger partial charge is 0.355 e. The molecule has 5 heteroatoms. The highest BCUT2D eigenvalue weighted by molar-refractivity contribution is 6.01. The van der Waals surface area contributed by atoms with Crippen molar-refractivity contribution in [3.63, 3.8) is 0 Å². The summed E-state index contributed by atoms with van der Waals surface area (Å²) in [6.45, 7) is 9.81. The first-order valence-electron chi connectivity index (χ1n) is 6.56. The summed E-state index contributed by atoms with van der Waals surface area (Å²) in [4.78, 5) is 25.9. The van der Waals surface area contributed by atoms with Crippen molar-refractivity contribution < 1.29 is 14.3 Å². The lowest BCUT2D eigenvalue weighted by atomic mass is 10.1. The average molecular weight is 278 g/mol. The molecule has 20 heavy (non-hydrogen) atoms. The van der Waals surface area contributed by atoms with Gasteiger partial charge < -0.3 is 14.2 Å². The molecule has 0 saturated carbocycles. The van der Waals surface area contributed by atoms with E-state index < -0.39 is 5.97 Å². The van der Waals surface area contributed by atoms with Crippen molar-refractivity contribution in [2.75, 3.05) is 20.7 Å². The standard InChI is InChI=1S/C15H22N2O3/c1-7-9-17-11(4)12(14(18)16(5)6)10(3)13(17)15(19)20-8-2/h7H,1,8-9H2,2-6H3. The van der Waals surface area contributed by atoms with E-state index in [-0.39, 0.29) is 5.91 Å². The molecule has 1 aromatic heterocycles. The van der Waals surface area contributed by atoms with E-state index in [1.54, 1.807) is 38.6 Å². The van der Waals surface area contributed by atoms with E-state index in [0.29, 0.717) is 30.0 Å². The van der Waals surface area contributed by atoms with Gasteiger partial charge in [-0.25, -0.2) is 4.79 Å². The maximum Gasteiger partial charge on any atom is 0.355 e. The molecule has 0 aliphatic carbocycles. The van der Waals surface area contributed by atoms with Gasteiger partial charge in [-0.3, -0.25) is 4.79 Å². The number of nitrogens with zero attached hydrogens (tertiary/aromatic N) is 2. The Hall–Kier alpha value is -2.04. The Morgan fingerprint density at radius 1 is 1.35 bits per heavy atom. The number of ether oxygens (including phenoxy) is 1. The Labute approximate surface area is 119 Å². The predicted octanol–water partition coefficient (Wildman–Crippen LogP) is 2.17. The Kier molecular flexibility index (Phi) is 5.13. The first kappa shape index (κ1) is 16.0.